The molecule has 3 N–H and O–H groups in total. The summed E-state index contributed by atoms with van der Waals surface area (Å²) in [5, 5.41) is 11.4. The molecule has 1 unspecified atom stereocenters. The Hall–Kier alpha value is -5.19. The van der Waals surface area contributed by atoms with Crippen molar-refractivity contribution >= 4 is 80.9 Å². The second-order valence-corrected chi connectivity index (χ2v) is 13.7. The van der Waals surface area contributed by atoms with Gasteiger partial charge in [0.25, 0.3) is 11.8 Å². The number of thiazole rings is 1. The largest absolute Gasteiger partial charge is 0.321 e. The summed E-state index contributed by atoms with van der Waals surface area (Å²) < 4.78 is 0. The van der Waals surface area contributed by atoms with E-state index in [1.54, 1.807) is 84.9 Å². The van der Waals surface area contributed by atoms with Crippen molar-refractivity contribution in [2.45, 2.75) is 10.1 Å². The number of aromatic nitrogens is 1. The molecule has 6 aromatic rings. The molecule has 248 valence electrons. The summed E-state index contributed by atoms with van der Waals surface area (Å²) in [6.07, 6.45) is 1.53. The zero-order chi connectivity index (χ0) is 34.9. The lowest BCUT2D eigenvalue weighted by Crippen LogP contribution is -2.30. The van der Waals surface area contributed by atoms with E-state index in [9.17, 15) is 14.4 Å². The van der Waals surface area contributed by atoms with Gasteiger partial charge in [-0.1, -0.05) is 108 Å². The number of hydrogen-bond donors (Lipinski definition) is 3. The average Bonchev–Trinajstić information content (AvgIpc) is 3.60. The molecule has 1 aromatic heterocycles. The van der Waals surface area contributed by atoms with Crippen molar-refractivity contribution < 1.29 is 14.4 Å². The van der Waals surface area contributed by atoms with Crippen LogP contribution in [0.3, 0.4) is 0 Å². The Morgan fingerprint density at radius 3 is 2.20 bits per heavy atom. The van der Waals surface area contributed by atoms with Crippen LogP contribution in [0.1, 0.15) is 26.7 Å². The lowest BCUT2D eigenvalue weighted by molar-refractivity contribution is -0.116. The molecule has 0 saturated carbocycles. The van der Waals surface area contributed by atoms with Crippen molar-refractivity contribution in [3.8, 4) is 11.3 Å². The van der Waals surface area contributed by atoms with Crippen molar-refractivity contribution in [3.05, 3.63) is 171 Å². The van der Waals surface area contributed by atoms with Crippen LogP contribution in [0.2, 0.25) is 10.0 Å². The molecule has 0 aliphatic carbocycles. The zero-order valence-electron chi connectivity index (χ0n) is 26.2. The highest BCUT2D eigenvalue weighted by Crippen LogP contribution is 2.38. The number of thioether (sulfide) groups is 1. The Labute approximate surface area is 307 Å². The van der Waals surface area contributed by atoms with Crippen molar-refractivity contribution in [1.82, 2.24) is 10.3 Å². The predicted molar refractivity (Wildman–Crippen MR) is 205 cm³/mol. The van der Waals surface area contributed by atoms with Gasteiger partial charge in [0, 0.05) is 37.1 Å². The summed E-state index contributed by atoms with van der Waals surface area (Å²) in [7, 11) is 0. The van der Waals surface area contributed by atoms with Crippen molar-refractivity contribution in [2.24, 2.45) is 0 Å². The van der Waals surface area contributed by atoms with Gasteiger partial charge in [-0.3, -0.25) is 14.4 Å². The van der Waals surface area contributed by atoms with Crippen LogP contribution in [0.15, 0.2) is 149 Å². The van der Waals surface area contributed by atoms with Gasteiger partial charge in [-0.15, -0.1) is 23.1 Å². The van der Waals surface area contributed by atoms with E-state index in [1.807, 2.05) is 53.9 Å². The van der Waals surface area contributed by atoms with E-state index in [0.29, 0.717) is 32.0 Å². The van der Waals surface area contributed by atoms with Crippen LogP contribution in [0.4, 0.5) is 10.8 Å². The van der Waals surface area contributed by atoms with Gasteiger partial charge in [0.2, 0.25) is 5.91 Å². The standard InChI is InChI=1S/C39H28Cl2N4O3S2/c40-29-20-18-25(19-21-29)34-24-49-39(44-34)45-38(48)35(26-10-3-1-4-11-26)50-31-16-9-15-30(23-31)42-37(47)33(22-28-14-7-8-17-32(28)41)43-36(46)27-12-5-2-6-13-27/h1-24,35H,(H,42,47)(H,43,46)(H,44,45,48)/b33-22+. The minimum atomic E-state index is -0.633. The van der Waals surface area contributed by atoms with Crippen LogP contribution >= 0.6 is 46.3 Å². The highest BCUT2D eigenvalue weighted by atomic mass is 35.5. The summed E-state index contributed by atoms with van der Waals surface area (Å²) in [5.41, 5.74) is 3.86. The summed E-state index contributed by atoms with van der Waals surface area (Å²) in [5.74, 6) is -1.24. The molecule has 1 heterocycles. The second-order valence-electron chi connectivity index (χ2n) is 10.8. The first-order valence-electron chi connectivity index (χ1n) is 15.3. The Balaban J connectivity index is 1.21. The molecule has 0 aliphatic heterocycles. The van der Waals surface area contributed by atoms with Gasteiger partial charge < -0.3 is 16.0 Å². The van der Waals surface area contributed by atoms with Crippen LogP contribution in [0, 0.1) is 0 Å². The number of rotatable bonds is 11. The Morgan fingerprint density at radius 2 is 1.46 bits per heavy atom. The van der Waals surface area contributed by atoms with E-state index < -0.39 is 17.1 Å². The average molecular weight is 736 g/mol. The number of hydrogen-bond acceptors (Lipinski definition) is 6. The Kier molecular flexibility index (Phi) is 11.4. The first-order chi connectivity index (χ1) is 24.3. The Morgan fingerprint density at radius 1 is 0.760 bits per heavy atom. The van der Waals surface area contributed by atoms with Gasteiger partial charge in [-0.2, -0.15) is 0 Å². The van der Waals surface area contributed by atoms with E-state index in [1.165, 1.54) is 29.2 Å². The molecule has 0 radical (unpaired) electrons. The molecule has 5 aromatic carbocycles. The first-order valence-corrected chi connectivity index (χ1v) is 17.8. The smallest absolute Gasteiger partial charge is 0.272 e. The maximum absolute atomic E-state index is 13.8. The summed E-state index contributed by atoms with van der Waals surface area (Å²) >= 11 is 15.1. The van der Waals surface area contributed by atoms with Gasteiger partial charge in [-0.25, -0.2) is 4.98 Å². The highest BCUT2D eigenvalue weighted by Gasteiger charge is 2.24. The molecule has 0 bridgehead atoms. The van der Waals surface area contributed by atoms with E-state index in [0.717, 1.165) is 21.7 Å². The highest BCUT2D eigenvalue weighted by molar-refractivity contribution is 8.00. The van der Waals surface area contributed by atoms with Crippen molar-refractivity contribution in [3.63, 3.8) is 0 Å². The zero-order valence-corrected chi connectivity index (χ0v) is 29.3. The molecular weight excluding hydrogens is 707 g/mol. The van der Waals surface area contributed by atoms with Gasteiger partial charge >= 0.3 is 0 Å². The fourth-order valence-electron chi connectivity index (χ4n) is 4.83. The number of carbonyl (C=O) groups excluding carboxylic acids is 3. The molecule has 1 atom stereocenters. The maximum Gasteiger partial charge on any atom is 0.272 e. The summed E-state index contributed by atoms with van der Waals surface area (Å²) in [6, 6.07) is 39.6. The molecule has 0 fully saturated rings. The Bertz CT molecular complexity index is 2160. The molecule has 6 rings (SSSR count). The minimum Gasteiger partial charge on any atom is -0.321 e. The second kappa shape index (κ2) is 16.5. The van der Waals surface area contributed by atoms with Crippen LogP contribution in [0.5, 0.6) is 0 Å². The fraction of sp³-hybridized carbons (Fsp3) is 0.0256. The van der Waals surface area contributed by atoms with Gasteiger partial charge in [0.15, 0.2) is 5.13 Å². The number of nitrogens with zero attached hydrogens (tertiary/aromatic N) is 1. The number of halogens is 2. The number of anilines is 2. The van der Waals surface area contributed by atoms with Crippen LogP contribution in [-0.2, 0) is 9.59 Å². The molecule has 11 heteroatoms. The van der Waals surface area contributed by atoms with Gasteiger partial charge in [-0.05, 0) is 65.7 Å². The molecule has 50 heavy (non-hydrogen) atoms. The quantitative estimate of drug-likeness (QED) is 0.0909. The minimum absolute atomic E-state index is 0.00738. The van der Waals surface area contributed by atoms with Crippen molar-refractivity contribution in [2.75, 3.05) is 10.6 Å². The van der Waals surface area contributed by atoms with Crippen LogP contribution < -0.4 is 16.0 Å². The van der Waals surface area contributed by atoms with E-state index >= 15 is 0 Å². The number of carbonyl (C=O) groups is 3. The predicted octanol–water partition coefficient (Wildman–Crippen LogP) is 10.00. The molecule has 0 spiro atoms. The molecule has 0 saturated heterocycles. The normalized spacial score (nSPS) is 11.8. The van der Waals surface area contributed by atoms with Crippen LogP contribution in [0.25, 0.3) is 17.3 Å². The number of amides is 3. The van der Waals surface area contributed by atoms with Gasteiger partial charge in [0.1, 0.15) is 10.9 Å². The van der Waals surface area contributed by atoms with Crippen molar-refractivity contribution in [1.29, 1.82) is 0 Å². The number of nitrogens with one attached hydrogen (secondary N) is 3. The van der Waals surface area contributed by atoms with E-state index in [4.69, 9.17) is 23.2 Å². The number of benzene rings is 5. The topological polar surface area (TPSA) is 100 Å². The third kappa shape index (κ3) is 9.07. The maximum atomic E-state index is 13.8. The SMILES string of the molecule is O=C(Nc1cccc(SC(C(=O)Nc2nc(-c3ccc(Cl)cc3)cs2)c2ccccc2)c1)/C(=C\c1ccccc1Cl)NC(=O)c1ccccc1. The monoisotopic (exact) mass is 734 g/mol. The summed E-state index contributed by atoms with van der Waals surface area (Å²) in [4.78, 5) is 45.8. The third-order valence-corrected chi connectivity index (χ3v) is 9.90. The molecule has 7 nitrogen and oxygen atoms in total. The van der Waals surface area contributed by atoms with E-state index in [-0.39, 0.29) is 11.6 Å². The van der Waals surface area contributed by atoms with Crippen LogP contribution in [-0.4, -0.2) is 22.7 Å². The molecule has 0 aliphatic rings. The molecular formula is C39H28Cl2N4O3S2. The first kappa shape index (κ1) is 34.7. The van der Waals surface area contributed by atoms with Gasteiger partial charge in [0.05, 0.1) is 5.69 Å². The lowest BCUT2D eigenvalue weighted by atomic mass is 10.1. The van der Waals surface area contributed by atoms with E-state index in [2.05, 4.69) is 20.9 Å². The molecule has 3 amide bonds. The summed E-state index contributed by atoms with van der Waals surface area (Å²) in [6.45, 7) is 0. The lowest BCUT2D eigenvalue weighted by Gasteiger charge is -2.17. The fourth-order valence-corrected chi connectivity index (χ4v) is 6.95. The third-order valence-electron chi connectivity index (χ3n) is 7.29.